The minimum atomic E-state index is -2.72. The largest absolute Gasteiger partial charge is 0.499 e. The van der Waals surface area contributed by atoms with E-state index in [1.54, 1.807) is 0 Å². The van der Waals surface area contributed by atoms with Gasteiger partial charge in [0, 0.05) is 6.42 Å². The van der Waals surface area contributed by atoms with Crippen molar-refractivity contribution in [1.29, 1.82) is 0 Å². The number of esters is 1. The highest BCUT2D eigenvalue weighted by molar-refractivity contribution is 6.89. The molecule has 35 heavy (non-hydrogen) atoms. The highest BCUT2D eigenvalue weighted by Crippen LogP contribution is 2.33. The molecule has 0 heterocycles. The number of hydrogen-bond donors (Lipinski definition) is 1. The van der Waals surface area contributed by atoms with Gasteiger partial charge in [0.2, 0.25) is 0 Å². The van der Waals surface area contributed by atoms with Crippen LogP contribution >= 0.6 is 0 Å². The van der Waals surface area contributed by atoms with Crippen molar-refractivity contribution in [3.8, 4) is 0 Å². The predicted molar refractivity (Wildman–Crippen MR) is 142 cm³/mol. The smallest absolute Gasteiger partial charge is 0.394 e. The summed E-state index contributed by atoms with van der Waals surface area (Å²) in [5.74, 6) is -0.490. The van der Waals surface area contributed by atoms with Gasteiger partial charge in [-0.1, -0.05) is 119 Å². The fraction of sp³-hybridized carbons (Fsp3) is 0.310. The van der Waals surface area contributed by atoms with E-state index in [-0.39, 0.29) is 17.7 Å². The molecule has 0 aliphatic rings. The monoisotopic (exact) mass is 489 g/mol. The van der Waals surface area contributed by atoms with Crippen LogP contribution in [-0.2, 0) is 27.0 Å². The van der Waals surface area contributed by atoms with Gasteiger partial charge < -0.3 is 14.5 Å². The first-order valence-electron chi connectivity index (χ1n) is 12.1. The Morgan fingerprint density at radius 3 is 1.74 bits per heavy atom. The highest BCUT2D eigenvalue weighted by atomic mass is 28.4. The zero-order chi connectivity index (χ0) is 25.3. The van der Waals surface area contributed by atoms with Crippen LogP contribution in [0.25, 0.3) is 0 Å². The first-order valence-corrected chi connectivity index (χ1v) is 14.2. The second kappa shape index (κ2) is 12.4. The topological polar surface area (TPSA) is 64.6 Å². The van der Waals surface area contributed by atoms with Crippen molar-refractivity contribution in [2.24, 2.45) is 0 Å². The quantitative estimate of drug-likeness (QED) is 0.291. The molecular formula is C29H35NO4Si. The Balaban J connectivity index is 1.80. The molecule has 184 valence electrons. The molecule has 0 saturated heterocycles. The summed E-state index contributed by atoms with van der Waals surface area (Å²) in [5, 5.41) is 3.90. The van der Waals surface area contributed by atoms with E-state index < -0.39 is 26.4 Å². The molecule has 0 spiro atoms. The van der Waals surface area contributed by atoms with Gasteiger partial charge in [-0.05, 0) is 27.4 Å². The third kappa shape index (κ3) is 6.82. The zero-order valence-corrected chi connectivity index (χ0v) is 21.9. The Bertz CT molecular complexity index is 1060. The average molecular weight is 490 g/mol. The van der Waals surface area contributed by atoms with Crippen molar-refractivity contribution in [3.63, 3.8) is 0 Å². The maximum Gasteiger partial charge on any atom is 0.394 e. The fourth-order valence-electron chi connectivity index (χ4n) is 4.52. The van der Waals surface area contributed by atoms with Gasteiger partial charge >= 0.3 is 12.1 Å². The summed E-state index contributed by atoms with van der Waals surface area (Å²) in [6.45, 7) is 8.54. The van der Waals surface area contributed by atoms with Crippen LogP contribution < -0.4 is 10.5 Å². The summed E-state index contributed by atoms with van der Waals surface area (Å²) in [6.07, 6.45) is -0.271. The molecule has 3 aromatic rings. The average Bonchev–Trinajstić information content (AvgIpc) is 2.87. The van der Waals surface area contributed by atoms with E-state index in [0.717, 1.165) is 16.3 Å². The van der Waals surface area contributed by atoms with E-state index in [9.17, 15) is 9.59 Å². The molecular weight excluding hydrogens is 454 g/mol. The summed E-state index contributed by atoms with van der Waals surface area (Å²) >= 11 is 0. The number of hydrogen-bond acceptors (Lipinski definition) is 4. The van der Waals surface area contributed by atoms with Crippen LogP contribution in [-0.4, -0.2) is 26.4 Å². The van der Waals surface area contributed by atoms with Gasteiger partial charge in [0.05, 0.1) is 0 Å². The predicted octanol–water partition coefficient (Wildman–Crippen LogP) is 5.74. The Hall–Kier alpha value is -3.38. The van der Waals surface area contributed by atoms with E-state index in [0.29, 0.717) is 6.42 Å². The number of amides is 1. The molecule has 3 aromatic carbocycles. The summed E-state index contributed by atoms with van der Waals surface area (Å²) in [6, 6.07) is 28.2. The third-order valence-electron chi connectivity index (χ3n) is 6.29. The van der Waals surface area contributed by atoms with Crippen LogP contribution in [0.2, 0.25) is 11.1 Å². The highest BCUT2D eigenvalue weighted by Gasteiger charge is 2.47. The first-order chi connectivity index (χ1) is 16.8. The van der Waals surface area contributed by atoms with Gasteiger partial charge in [-0.3, -0.25) is 0 Å². The van der Waals surface area contributed by atoms with Gasteiger partial charge in [0.25, 0.3) is 8.32 Å². The maximum atomic E-state index is 13.3. The second-order valence-electron chi connectivity index (χ2n) is 9.34. The Kier molecular flexibility index (Phi) is 9.26. The lowest BCUT2D eigenvalue weighted by Crippen LogP contribution is -2.59. The van der Waals surface area contributed by atoms with E-state index in [1.807, 2.05) is 91.0 Å². The molecule has 0 fully saturated rings. The lowest BCUT2D eigenvalue weighted by atomic mass is 10.1. The van der Waals surface area contributed by atoms with Crippen LogP contribution in [0.1, 0.15) is 38.8 Å². The van der Waals surface area contributed by atoms with E-state index in [2.05, 4.69) is 33.0 Å². The van der Waals surface area contributed by atoms with Crippen molar-refractivity contribution >= 4 is 25.6 Å². The standard InChI is InChI=1S/C29H35NO4Si/c1-22(2)35(23(3)4,26-18-12-7-13-19-26)34-29(32)30-27(20-24-14-8-5-9-15-24)28(31)33-21-25-16-10-6-11-17-25/h5-19,22-23,27H,20-21H2,1-4H3,(H,30,32)/t27-/m0/s1. The Morgan fingerprint density at radius 2 is 1.23 bits per heavy atom. The van der Waals surface area contributed by atoms with E-state index in [4.69, 9.17) is 9.16 Å². The number of carbonyl (C=O) groups is 2. The lowest BCUT2D eigenvalue weighted by Gasteiger charge is -2.38. The summed E-state index contributed by atoms with van der Waals surface area (Å²) in [7, 11) is -2.72. The van der Waals surface area contributed by atoms with Crippen LogP contribution in [0.4, 0.5) is 4.79 Å². The SMILES string of the molecule is CC(C)[Si](OC(=O)N[C@@H](Cc1ccccc1)C(=O)OCc1ccccc1)(c1ccccc1)C(C)C. The molecule has 1 N–H and O–H groups in total. The normalized spacial score (nSPS) is 12.3. The van der Waals surface area contributed by atoms with Crippen molar-refractivity contribution in [2.45, 2.75) is 57.8 Å². The summed E-state index contributed by atoms with van der Waals surface area (Å²) in [5.41, 5.74) is 2.10. The maximum absolute atomic E-state index is 13.3. The summed E-state index contributed by atoms with van der Waals surface area (Å²) < 4.78 is 11.9. The Morgan fingerprint density at radius 1 is 0.743 bits per heavy atom. The molecule has 0 aromatic heterocycles. The van der Waals surface area contributed by atoms with E-state index in [1.165, 1.54) is 0 Å². The molecule has 1 amide bonds. The molecule has 3 rings (SSSR count). The number of nitrogens with one attached hydrogen (secondary N) is 1. The molecule has 0 aliphatic heterocycles. The van der Waals surface area contributed by atoms with Crippen molar-refractivity contribution < 1.29 is 18.8 Å². The second-order valence-corrected chi connectivity index (χ2v) is 14.0. The van der Waals surface area contributed by atoms with Gasteiger partial charge in [-0.25, -0.2) is 9.59 Å². The van der Waals surface area contributed by atoms with Gasteiger partial charge in [-0.15, -0.1) is 0 Å². The van der Waals surface area contributed by atoms with Crippen LogP contribution in [0.15, 0.2) is 91.0 Å². The molecule has 1 atom stereocenters. The summed E-state index contributed by atoms with van der Waals surface area (Å²) in [4.78, 5) is 26.4. The lowest BCUT2D eigenvalue weighted by molar-refractivity contribution is -0.147. The number of rotatable bonds is 10. The third-order valence-corrected chi connectivity index (χ3v) is 11.5. The van der Waals surface area contributed by atoms with Gasteiger partial charge in [-0.2, -0.15) is 0 Å². The molecule has 0 unspecified atom stereocenters. The number of benzene rings is 3. The number of ether oxygens (including phenoxy) is 1. The van der Waals surface area contributed by atoms with Crippen LogP contribution in [0.3, 0.4) is 0 Å². The fourth-order valence-corrected chi connectivity index (χ4v) is 8.86. The minimum absolute atomic E-state index is 0.141. The van der Waals surface area contributed by atoms with Crippen LogP contribution in [0.5, 0.6) is 0 Å². The van der Waals surface area contributed by atoms with Crippen molar-refractivity contribution in [3.05, 3.63) is 102 Å². The molecule has 0 saturated carbocycles. The van der Waals surface area contributed by atoms with E-state index >= 15 is 0 Å². The Labute approximate surface area is 209 Å². The molecule has 0 radical (unpaired) electrons. The molecule has 0 bridgehead atoms. The van der Waals surface area contributed by atoms with Gasteiger partial charge in [0.15, 0.2) is 0 Å². The van der Waals surface area contributed by atoms with Crippen molar-refractivity contribution in [1.82, 2.24) is 5.32 Å². The van der Waals surface area contributed by atoms with Crippen molar-refractivity contribution in [2.75, 3.05) is 0 Å². The first kappa shape index (κ1) is 26.2. The van der Waals surface area contributed by atoms with Crippen LogP contribution in [0, 0.1) is 0 Å². The number of carbonyl (C=O) groups excluding carboxylic acids is 2. The van der Waals surface area contributed by atoms with Gasteiger partial charge in [0.1, 0.15) is 12.6 Å². The minimum Gasteiger partial charge on any atom is -0.499 e. The molecule has 0 aliphatic carbocycles. The molecule has 5 nitrogen and oxygen atoms in total. The molecule has 6 heteroatoms. The zero-order valence-electron chi connectivity index (χ0n) is 20.9.